The molecule has 6 nitrogen and oxygen atoms in total. The summed E-state index contributed by atoms with van der Waals surface area (Å²) in [7, 11) is -1.95. The molecule has 19 heavy (non-hydrogen) atoms. The summed E-state index contributed by atoms with van der Waals surface area (Å²) >= 11 is 0. The second kappa shape index (κ2) is 7.21. The average Bonchev–Trinajstić information content (AvgIpc) is 2.38. The predicted molar refractivity (Wildman–Crippen MR) is 73.0 cm³/mol. The molecule has 1 aliphatic rings. The van der Waals surface area contributed by atoms with Gasteiger partial charge in [-0.3, -0.25) is 4.79 Å². The van der Waals surface area contributed by atoms with Gasteiger partial charge in [-0.15, -0.1) is 0 Å². The summed E-state index contributed by atoms with van der Waals surface area (Å²) in [5.74, 6) is 0.0395. The summed E-state index contributed by atoms with van der Waals surface area (Å²) in [6, 6.07) is 0.115. The first-order valence-electron chi connectivity index (χ1n) is 6.67. The number of nitrogens with two attached hydrogens (primary N) is 1. The number of carbonyl (C=O) groups excluding carboxylic acids is 1. The summed E-state index contributed by atoms with van der Waals surface area (Å²) < 4.78 is 30.2. The number of nitrogens with zero attached hydrogens (tertiary/aromatic N) is 1. The maximum atomic E-state index is 12.1. The molecule has 1 heterocycles. The van der Waals surface area contributed by atoms with Gasteiger partial charge in [0.05, 0.1) is 12.9 Å². The van der Waals surface area contributed by atoms with Crippen molar-refractivity contribution >= 4 is 16.0 Å². The van der Waals surface area contributed by atoms with E-state index in [2.05, 4.69) is 4.74 Å². The van der Waals surface area contributed by atoms with E-state index in [-0.39, 0.29) is 24.2 Å². The van der Waals surface area contributed by atoms with E-state index in [4.69, 9.17) is 5.73 Å². The van der Waals surface area contributed by atoms with Gasteiger partial charge in [0.1, 0.15) is 0 Å². The minimum atomic E-state index is -3.25. The largest absolute Gasteiger partial charge is 0.469 e. The third-order valence-corrected chi connectivity index (χ3v) is 5.60. The number of rotatable bonds is 6. The molecule has 0 aromatic heterocycles. The summed E-state index contributed by atoms with van der Waals surface area (Å²) in [4.78, 5) is 10.9. The Balaban J connectivity index is 2.40. The lowest BCUT2D eigenvalue weighted by Crippen LogP contribution is -2.43. The molecule has 7 heteroatoms. The van der Waals surface area contributed by atoms with Crippen molar-refractivity contribution in [1.82, 2.24) is 4.31 Å². The van der Waals surface area contributed by atoms with Crippen LogP contribution in [0.3, 0.4) is 0 Å². The summed E-state index contributed by atoms with van der Waals surface area (Å²) in [5.41, 5.74) is 5.83. The van der Waals surface area contributed by atoms with E-state index in [1.165, 1.54) is 11.4 Å². The van der Waals surface area contributed by atoms with Crippen molar-refractivity contribution in [1.29, 1.82) is 0 Å². The molecule has 0 spiro atoms. The third-order valence-electron chi connectivity index (χ3n) is 3.65. The fraction of sp³-hybridized carbons (Fsp3) is 0.917. The molecule has 0 amide bonds. The number of carbonyl (C=O) groups is 1. The molecule has 0 aromatic carbocycles. The third kappa shape index (κ3) is 5.08. The highest BCUT2D eigenvalue weighted by Gasteiger charge is 2.29. The highest BCUT2D eigenvalue weighted by molar-refractivity contribution is 7.89. The standard InChI is InChI=1S/C12H24N2O4S/c1-10(13)11-5-7-14(8-6-11)19(16,17)9-3-4-12(15)18-2/h10-11H,3-9,13H2,1-2H3. The van der Waals surface area contributed by atoms with E-state index in [1.54, 1.807) is 0 Å². The summed E-state index contributed by atoms with van der Waals surface area (Å²) in [5, 5.41) is 0. The maximum Gasteiger partial charge on any atom is 0.305 e. The van der Waals surface area contributed by atoms with E-state index in [9.17, 15) is 13.2 Å². The second-order valence-electron chi connectivity index (χ2n) is 5.09. The van der Waals surface area contributed by atoms with Crippen LogP contribution in [0.4, 0.5) is 0 Å². The van der Waals surface area contributed by atoms with Gasteiger partial charge in [0.25, 0.3) is 0 Å². The van der Waals surface area contributed by atoms with E-state index in [0.29, 0.717) is 25.4 Å². The van der Waals surface area contributed by atoms with Gasteiger partial charge in [-0.2, -0.15) is 0 Å². The van der Waals surface area contributed by atoms with Crippen LogP contribution in [-0.4, -0.2) is 50.7 Å². The summed E-state index contributed by atoms with van der Waals surface area (Å²) in [6.07, 6.45) is 2.08. The van der Waals surface area contributed by atoms with Gasteiger partial charge in [0.2, 0.25) is 10.0 Å². The SMILES string of the molecule is COC(=O)CCCS(=O)(=O)N1CCC(C(C)N)CC1. The predicted octanol–water partition coefficient (Wildman–Crippen LogP) is 0.329. The van der Waals surface area contributed by atoms with Gasteiger partial charge in [-0.25, -0.2) is 12.7 Å². The quantitative estimate of drug-likeness (QED) is 0.712. The fourth-order valence-electron chi connectivity index (χ4n) is 2.31. The molecular formula is C12H24N2O4S. The van der Waals surface area contributed by atoms with Gasteiger partial charge in [-0.1, -0.05) is 0 Å². The Kier molecular flexibility index (Phi) is 6.22. The highest BCUT2D eigenvalue weighted by atomic mass is 32.2. The van der Waals surface area contributed by atoms with Crippen LogP contribution in [0.15, 0.2) is 0 Å². The number of sulfonamides is 1. The maximum absolute atomic E-state index is 12.1. The fourth-order valence-corrected chi connectivity index (χ4v) is 3.84. The van der Waals surface area contributed by atoms with Gasteiger partial charge in [0, 0.05) is 25.6 Å². The lowest BCUT2D eigenvalue weighted by molar-refractivity contribution is -0.140. The number of esters is 1. The zero-order chi connectivity index (χ0) is 14.5. The number of ether oxygens (including phenoxy) is 1. The molecule has 0 bridgehead atoms. The minimum Gasteiger partial charge on any atom is -0.469 e. The van der Waals surface area contributed by atoms with Gasteiger partial charge < -0.3 is 10.5 Å². The number of piperidine rings is 1. The molecule has 2 N–H and O–H groups in total. The number of hydrogen-bond acceptors (Lipinski definition) is 5. The first kappa shape index (κ1) is 16.4. The Hall–Kier alpha value is -0.660. The van der Waals surface area contributed by atoms with E-state index < -0.39 is 10.0 Å². The zero-order valence-electron chi connectivity index (χ0n) is 11.7. The van der Waals surface area contributed by atoms with Gasteiger partial charge >= 0.3 is 5.97 Å². The molecule has 1 unspecified atom stereocenters. The average molecular weight is 292 g/mol. The van der Waals surface area contributed by atoms with E-state index in [1.807, 2.05) is 6.92 Å². The van der Waals surface area contributed by atoms with Crippen LogP contribution in [0, 0.1) is 5.92 Å². The van der Waals surface area contributed by atoms with Gasteiger partial charge in [0.15, 0.2) is 0 Å². The normalized spacial score (nSPS) is 20.2. The second-order valence-corrected chi connectivity index (χ2v) is 7.18. The topological polar surface area (TPSA) is 89.7 Å². The Labute approximate surface area is 115 Å². The zero-order valence-corrected chi connectivity index (χ0v) is 12.5. The molecule has 112 valence electrons. The molecule has 1 rings (SSSR count). The Bertz CT molecular complexity index is 387. The molecule has 0 saturated carbocycles. The lowest BCUT2D eigenvalue weighted by Gasteiger charge is -2.32. The number of hydrogen-bond donors (Lipinski definition) is 1. The molecule has 0 radical (unpaired) electrons. The number of methoxy groups -OCH3 is 1. The van der Waals surface area contributed by atoms with Crippen molar-refractivity contribution in [2.45, 2.75) is 38.6 Å². The van der Waals surface area contributed by atoms with Crippen LogP contribution in [-0.2, 0) is 19.6 Å². The van der Waals surface area contributed by atoms with E-state index in [0.717, 1.165) is 12.8 Å². The Morgan fingerprint density at radius 1 is 1.42 bits per heavy atom. The molecule has 1 aliphatic heterocycles. The van der Waals surface area contributed by atoms with Crippen molar-refractivity contribution < 1.29 is 17.9 Å². The molecule has 1 saturated heterocycles. The molecular weight excluding hydrogens is 268 g/mol. The van der Waals surface area contributed by atoms with Crippen molar-refractivity contribution in [2.24, 2.45) is 11.7 Å². The van der Waals surface area contributed by atoms with Crippen LogP contribution in [0.25, 0.3) is 0 Å². The van der Waals surface area contributed by atoms with Crippen molar-refractivity contribution in [3.63, 3.8) is 0 Å². The van der Waals surface area contributed by atoms with Crippen molar-refractivity contribution in [3.05, 3.63) is 0 Å². The molecule has 1 fully saturated rings. The van der Waals surface area contributed by atoms with Gasteiger partial charge in [-0.05, 0) is 32.1 Å². The smallest absolute Gasteiger partial charge is 0.305 e. The molecule has 1 atom stereocenters. The Morgan fingerprint density at radius 3 is 2.47 bits per heavy atom. The summed E-state index contributed by atoms with van der Waals surface area (Å²) in [6.45, 7) is 3.03. The molecule has 0 aromatic rings. The van der Waals surface area contributed by atoms with Crippen LogP contribution < -0.4 is 5.73 Å². The lowest BCUT2D eigenvalue weighted by atomic mass is 9.92. The van der Waals surface area contributed by atoms with Crippen molar-refractivity contribution in [2.75, 3.05) is 26.0 Å². The van der Waals surface area contributed by atoms with Crippen molar-refractivity contribution in [3.8, 4) is 0 Å². The first-order valence-corrected chi connectivity index (χ1v) is 8.28. The Morgan fingerprint density at radius 2 is 2.00 bits per heavy atom. The highest BCUT2D eigenvalue weighted by Crippen LogP contribution is 2.22. The van der Waals surface area contributed by atoms with Crippen LogP contribution in [0.5, 0.6) is 0 Å². The monoisotopic (exact) mass is 292 g/mol. The first-order chi connectivity index (χ1) is 8.86. The van der Waals surface area contributed by atoms with E-state index >= 15 is 0 Å². The molecule has 0 aliphatic carbocycles. The van der Waals surface area contributed by atoms with Crippen LogP contribution in [0.1, 0.15) is 32.6 Å². The van der Waals surface area contributed by atoms with Crippen LogP contribution in [0.2, 0.25) is 0 Å². The minimum absolute atomic E-state index is 0.00491. The van der Waals surface area contributed by atoms with Crippen LogP contribution >= 0.6 is 0 Å².